The monoisotopic (exact) mass is 428 g/mol. The zero-order valence-corrected chi connectivity index (χ0v) is 18.4. The minimum absolute atomic E-state index is 0.114. The number of hydrogen-bond acceptors (Lipinski definition) is 5. The summed E-state index contributed by atoms with van der Waals surface area (Å²) >= 11 is 5.72. The first kappa shape index (κ1) is 22.1. The number of amides is 1. The summed E-state index contributed by atoms with van der Waals surface area (Å²) in [5.41, 5.74) is 1.61. The van der Waals surface area contributed by atoms with E-state index in [0.717, 1.165) is 29.3 Å². The number of morpholine rings is 1. The second-order valence-corrected chi connectivity index (χ2v) is 7.65. The van der Waals surface area contributed by atoms with Crippen LogP contribution in [0.1, 0.15) is 26.3 Å². The Morgan fingerprint density at radius 3 is 2.47 bits per heavy atom. The van der Waals surface area contributed by atoms with Crippen molar-refractivity contribution < 1.29 is 19.0 Å². The average molecular weight is 429 g/mol. The standard InChI is InChI=1S/C23H28N2O4S/c1-4-27-21-12-18(23(30)25-13-16(2)29-17(3)14-25)10-11-20(21)28-15-22(26)24-19-8-6-5-7-9-19/h5-12,16-17H,4,13-15H2,1-3H3,(H,24,26)/t16-,17-/m1/s1. The maximum atomic E-state index is 12.2. The van der Waals surface area contributed by atoms with Crippen molar-refractivity contribution in [3.05, 3.63) is 54.1 Å². The number of para-hydroxylation sites is 1. The molecule has 1 aliphatic rings. The Morgan fingerprint density at radius 2 is 1.80 bits per heavy atom. The molecule has 0 bridgehead atoms. The zero-order valence-electron chi connectivity index (χ0n) is 17.6. The lowest BCUT2D eigenvalue weighted by atomic mass is 10.1. The number of carbonyl (C=O) groups excluding carboxylic acids is 1. The van der Waals surface area contributed by atoms with Crippen LogP contribution in [0.4, 0.5) is 5.69 Å². The van der Waals surface area contributed by atoms with Crippen molar-refractivity contribution in [1.82, 2.24) is 4.90 Å². The fourth-order valence-corrected chi connectivity index (χ4v) is 3.69. The number of nitrogens with one attached hydrogen (secondary N) is 1. The van der Waals surface area contributed by atoms with Crippen LogP contribution in [-0.4, -0.2) is 54.3 Å². The molecule has 2 atom stereocenters. The minimum Gasteiger partial charge on any atom is -0.490 e. The first-order chi connectivity index (χ1) is 14.5. The van der Waals surface area contributed by atoms with Gasteiger partial charge in [-0.3, -0.25) is 4.79 Å². The topological polar surface area (TPSA) is 60.0 Å². The van der Waals surface area contributed by atoms with Crippen molar-refractivity contribution >= 4 is 28.8 Å². The normalized spacial score (nSPS) is 18.6. The molecule has 1 heterocycles. The SMILES string of the molecule is CCOc1cc(C(=S)N2C[C@@H](C)O[C@H](C)C2)ccc1OCC(=O)Nc1ccccc1. The van der Waals surface area contributed by atoms with E-state index in [-0.39, 0.29) is 24.7 Å². The second-order valence-electron chi connectivity index (χ2n) is 7.26. The Hall–Kier alpha value is -2.64. The van der Waals surface area contributed by atoms with Gasteiger partial charge < -0.3 is 24.4 Å². The van der Waals surface area contributed by atoms with E-state index in [0.29, 0.717) is 18.1 Å². The largest absolute Gasteiger partial charge is 0.490 e. The summed E-state index contributed by atoms with van der Waals surface area (Å²) in [4.78, 5) is 15.1. The molecule has 0 spiro atoms. The zero-order chi connectivity index (χ0) is 21.5. The van der Waals surface area contributed by atoms with Crippen LogP contribution < -0.4 is 14.8 Å². The van der Waals surface area contributed by atoms with Gasteiger partial charge in [0.1, 0.15) is 4.99 Å². The number of benzene rings is 2. The summed E-state index contributed by atoms with van der Waals surface area (Å²) < 4.78 is 17.3. The van der Waals surface area contributed by atoms with Crippen molar-refractivity contribution in [3.8, 4) is 11.5 Å². The van der Waals surface area contributed by atoms with Gasteiger partial charge >= 0.3 is 0 Å². The molecule has 30 heavy (non-hydrogen) atoms. The smallest absolute Gasteiger partial charge is 0.262 e. The number of rotatable bonds is 7. The van der Waals surface area contributed by atoms with Crippen LogP contribution in [0.2, 0.25) is 0 Å². The molecule has 1 saturated heterocycles. The minimum atomic E-state index is -0.237. The first-order valence-corrected chi connectivity index (χ1v) is 10.6. The molecule has 0 aliphatic carbocycles. The Balaban J connectivity index is 1.67. The number of thiocarbonyl (C=S) groups is 1. The summed E-state index contributed by atoms with van der Waals surface area (Å²) in [6.45, 7) is 7.88. The quantitative estimate of drug-likeness (QED) is 0.676. The van der Waals surface area contributed by atoms with E-state index in [1.165, 1.54) is 0 Å². The molecule has 3 rings (SSSR count). The highest BCUT2D eigenvalue weighted by Crippen LogP contribution is 2.30. The maximum absolute atomic E-state index is 12.2. The molecule has 160 valence electrons. The van der Waals surface area contributed by atoms with Gasteiger partial charge in [-0.2, -0.15) is 0 Å². The fraction of sp³-hybridized carbons (Fsp3) is 0.391. The molecule has 0 aromatic heterocycles. The van der Waals surface area contributed by atoms with Crippen molar-refractivity contribution in [1.29, 1.82) is 0 Å². The van der Waals surface area contributed by atoms with Gasteiger partial charge in [0.2, 0.25) is 0 Å². The summed E-state index contributed by atoms with van der Waals surface area (Å²) in [6, 6.07) is 14.9. The lowest BCUT2D eigenvalue weighted by molar-refractivity contribution is -0.118. The Morgan fingerprint density at radius 1 is 1.10 bits per heavy atom. The third-order valence-electron chi connectivity index (χ3n) is 4.61. The van der Waals surface area contributed by atoms with Crippen LogP contribution in [0, 0.1) is 0 Å². The van der Waals surface area contributed by atoms with Crippen molar-refractivity contribution in [2.45, 2.75) is 33.0 Å². The third-order valence-corrected chi connectivity index (χ3v) is 5.11. The molecule has 1 aliphatic heterocycles. The van der Waals surface area contributed by atoms with Gasteiger partial charge in [0, 0.05) is 24.3 Å². The van der Waals surface area contributed by atoms with Crippen molar-refractivity contribution in [3.63, 3.8) is 0 Å². The van der Waals surface area contributed by atoms with Crippen LogP contribution in [-0.2, 0) is 9.53 Å². The molecular weight excluding hydrogens is 400 g/mol. The third kappa shape index (κ3) is 5.93. The summed E-state index contributed by atoms with van der Waals surface area (Å²) in [5, 5.41) is 2.80. The number of anilines is 1. The molecule has 1 N–H and O–H groups in total. The molecule has 0 saturated carbocycles. The molecule has 1 fully saturated rings. The summed E-state index contributed by atoms with van der Waals surface area (Å²) in [7, 11) is 0. The van der Waals surface area contributed by atoms with E-state index in [4.69, 9.17) is 26.4 Å². The van der Waals surface area contributed by atoms with Gasteiger partial charge in [-0.15, -0.1) is 0 Å². The van der Waals surface area contributed by atoms with Crippen molar-refractivity contribution in [2.24, 2.45) is 0 Å². The predicted octanol–water partition coefficient (Wildman–Crippen LogP) is 3.89. The van der Waals surface area contributed by atoms with Gasteiger partial charge in [-0.05, 0) is 51.1 Å². The Bertz CT molecular complexity index is 865. The lowest BCUT2D eigenvalue weighted by Gasteiger charge is -2.37. The highest BCUT2D eigenvalue weighted by atomic mass is 32.1. The highest BCUT2D eigenvalue weighted by molar-refractivity contribution is 7.80. The van der Waals surface area contributed by atoms with E-state index in [1.807, 2.05) is 63.2 Å². The number of nitrogens with zero attached hydrogens (tertiary/aromatic N) is 1. The number of ether oxygens (including phenoxy) is 3. The van der Waals surface area contributed by atoms with E-state index in [1.54, 1.807) is 6.07 Å². The van der Waals surface area contributed by atoms with Gasteiger partial charge in [0.25, 0.3) is 5.91 Å². The Kier molecular flexibility index (Phi) is 7.65. The van der Waals surface area contributed by atoms with Gasteiger partial charge in [0.05, 0.1) is 18.8 Å². The molecule has 1 amide bonds. The molecule has 0 unspecified atom stereocenters. The molecular formula is C23H28N2O4S. The van der Waals surface area contributed by atoms with Crippen LogP contribution in [0.25, 0.3) is 0 Å². The lowest BCUT2D eigenvalue weighted by Crippen LogP contribution is -2.47. The molecule has 7 heteroatoms. The van der Waals surface area contributed by atoms with Crippen LogP contribution >= 0.6 is 12.2 Å². The van der Waals surface area contributed by atoms with Crippen LogP contribution in [0.3, 0.4) is 0 Å². The van der Waals surface area contributed by atoms with Gasteiger partial charge in [-0.1, -0.05) is 30.4 Å². The van der Waals surface area contributed by atoms with E-state index in [9.17, 15) is 4.79 Å². The van der Waals surface area contributed by atoms with Crippen LogP contribution in [0.15, 0.2) is 48.5 Å². The summed E-state index contributed by atoms with van der Waals surface area (Å²) in [5.74, 6) is 0.842. The van der Waals surface area contributed by atoms with Crippen LogP contribution in [0.5, 0.6) is 11.5 Å². The Labute approximate surface area is 183 Å². The highest BCUT2D eigenvalue weighted by Gasteiger charge is 2.25. The fourth-order valence-electron chi connectivity index (χ4n) is 3.42. The van der Waals surface area contributed by atoms with Crippen molar-refractivity contribution in [2.75, 3.05) is 31.6 Å². The predicted molar refractivity (Wildman–Crippen MR) is 121 cm³/mol. The number of hydrogen-bond donors (Lipinski definition) is 1. The number of carbonyl (C=O) groups is 1. The van der Waals surface area contributed by atoms with Gasteiger partial charge in [0.15, 0.2) is 18.1 Å². The molecule has 0 radical (unpaired) electrons. The molecule has 2 aromatic rings. The van der Waals surface area contributed by atoms with E-state index < -0.39 is 0 Å². The second kappa shape index (κ2) is 10.4. The van der Waals surface area contributed by atoms with Gasteiger partial charge in [-0.25, -0.2) is 0 Å². The maximum Gasteiger partial charge on any atom is 0.262 e. The first-order valence-electron chi connectivity index (χ1n) is 10.2. The average Bonchev–Trinajstić information content (AvgIpc) is 2.72. The van der Waals surface area contributed by atoms with E-state index >= 15 is 0 Å². The molecule has 6 nitrogen and oxygen atoms in total. The molecule has 2 aromatic carbocycles. The van der Waals surface area contributed by atoms with E-state index in [2.05, 4.69) is 10.2 Å². The summed E-state index contributed by atoms with van der Waals surface area (Å²) in [6.07, 6.45) is 0.257.